The lowest BCUT2D eigenvalue weighted by Gasteiger charge is -2.43. The lowest BCUT2D eigenvalue weighted by atomic mass is 9.61. The van der Waals surface area contributed by atoms with Crippen molar-refractivity contribution >= 4 is 10.9 Å². The monoisotopic (exact) mass is 690 g/mol. The minimum atomic E-state index is -0.360. The van der Waals surface area contributed by atoms with E-state index in [4.69, 9.17) is 14.7 Å². The van der Waals surface area contributed by atoms with E-state index in [1.807, 2.05) is 18.2 Å². The molecule has 54 heavy (non-hydrogen) atoms. The summed E-state index contributed by atoms with van der Waals surface area (Å²) in [5, 5.41) is 1.05. The zero-order chi connectivity index (χ0) is 35.6. The standard InChI is InChI=1S/C51H34N2O/c1-2-12-36(13-3-1)49-41-16-6-10-20-46(41)52-50(53-49)37-28-26-34(27-29-37)33-22-24-35(25-23-33)38-30-31-48-45(32-38)51(44-19-9-11-21-47(44)54-48)42-17-7-4-14-39(42)40-15-5-8-18-43(40)51/h1-32,39,42H. The van der Waals surface area contributed by atoms with E-state index in [-0.39, 0.29) is 11.3 Å². The Morgan fingerprint density at radius 2 is 1.06 bits per heavy atom. The molecule has 0 radical (unpaired) electrons. The Kier molecular flexibility index (Phi) is 6.90. The third-order valence-electron chi connectivity index (χ3n) is 11.7. The summed E-state index contributed by atoms with van der Waals surface area (Å²) in [5.41, 5.74) is 13.5. The van der Waals surface area contributed by atoms with Crippen LogP contribution in [0.1, 0.15) is 28.2 Å². The zero-order valence-corrected chi connectivity index (χ0v) is 29.4. The molecule has 0 N–H and O–H groups in total. The molecule has 0 bridgehead atoms. The summed E-state index contributed by atoms with van der Waals surface area (Å²) in [4.78, 5) is 10.0. The maximum absolute atomic E-state index is 6.67. The molecule has 2 aliphatic carbocycles. The van der Waals surface area contributed by atoms with Crippen molar-refractivity contribution in [3.8, 4) is 56.4 Å². The zero-order valence-electron chi connectivity index (χ0n) is 29.4. The van der Waals surface area contributed by atoms with Gasteiger partial charge >= 0.3 is 0 Å². The molecule has 3 unspecified atom stereocenters. The van der Waals surface area contributed by atoms with Crippen LogP contribution in [-0.2, 0) is 5.41 Å². The van der Waals surface area contributed by atoms with E-state index in [2.05, 4.69) is 176 Å². The molecule has 3 atom stereocenters. The number of benzene rings is 7. The summed E-state index contributed by atoms with van der Waals surface area (Å²) < 4.78 is 6.67. The molecule has 3 heteroatoms. The first-order valence-corrected chi connectivity index (χ1v) is 18.7. The van der Waals surface area contributed by atoms with Crippen LogP contribution in [-0.4, -0.2) is 9.97 Å². The van der Waals surface area contributed by atoms with Gasteiger partial charge in [0.25, 0.3) is 0 Å². The summed E-state index contributed by atoms with van der Waals surface area (Å²) >= 11 is 0. The summed E-state index contributed by atoms with van der Waals surface area (Å²) in [7, 11) is 0. The van der Waals surface area contributed by atoms with Crippen LogP contribution in [0.2, 0.25) is 0 Å². The van der Waals surface area contributed by atoms with Gasteiger partial charge in [-0.15, -0.1) is 0 Å². The van der Waals surface area contributed by atoms with Crippen molar-refractivity contribution in [3.63, 3.8) is 0 Å². The number of rotatable bonds is 4. The van der Waals surface area contributed by atoms with Crippen molar-refractivity contribution in [1.82, 2.24) is 9.97 Å². The molecule has 1 aromatic heterocycles. The Bertz CT molecular complexity index is 2800. The van der Waals surface area contributed by atoms with Crippen LogP contribution < -0.4 is 4.74 Å². The first-order valence-electron chi connectivity index (χ1n) is 18.7. The average molecular weight is 691 g/mol. The molecule has 1 spiro atoms. The van der Waals surface area contributed by atoms with Crippen molar-refractivity contribution in [2.45, 2.75) is 11.3 Å². The van der Waals surface area contributed by atoms with Crippen LogP contribution in [0.3, 0.4) is 0 Å². The van der Waals surface area contributed by atoms with Crippen LogP contribution in [0.15, 0.2) is 194 Å². The minimum absolute atomic E-state index is 0.245. The van der Waals surface area contributed by atoms with Gasteiger partial charge in [-0.25, -0.2) is 9.97 Å². The highest BCUT2D eigenvalue weighted by Gasteiger charge is 2.56. The van der Waals surface area contributed by atoms with Crippen LogP contribution in [0, 0.1) is 5.92 Å². The van der Waals surface area contributed by atoms with Gasteiger partial charge in [0, 0.05) is 39.5 Å². The summed E-state index contributed by atoms with van der Waals surface area (Å²) in [6.45, 7) is 0. The maximum Gasteiger partial charge on any atom is 0.160 e. The molecule has 1 aliphatic heterocycles. The second-order valence-electron chi connectivity index (χ2n) is 14.5. The van der Waals surface area contributed by atoms with Gasteiger partial charge in [-0.3, -0.25) is 0 Å². The molecular formula is C51H34N2O. The van der Waals surface area contributed by atoms with E-state index in [1.165, 1.54) is 33.4 Å². The van der Waals surface area contributed by atoms with Gasteiger partial charge in [-0.1, -0.05) is 170 Å². The first-order chi connectivity index (χ1) is 26.8. The number of hydrogen-bond donors (Lipinski definition) is 0. The smallest absolute Gasteiger partial charge is 0.160 e. The molecule has 7 aromatic carbocycles. The van der Waals surface area contributed by atoms with Gasteiger partial charge in [0.05, 0.1) is 16.6 Å². The average Bonchev–Trinajstić information content (AvgIpc) is 3.54. The molecule has 0 saturated heterocycles. The van der Waals surface area contributed by atoms with Crippen molar-refractivity contribution in [3.05, 3.63) is 216 Å². The summed E-state index contributed by atoms with van der Waals surface area (Å²) in [5.74, 6) is 3.14. The van der Waals surface area contributed by atoms with Gasteiger partial charge in [-0.2, -0.15) is 0 Å². The highest BCUT2D eigenvalue weighted by molar-refractivity contribution is 5.93. The Balaban J connectivity index is 0.951. The predicted molar refractivity (Wildman–Crippen MR) is 219 cm³/mol. The molecule has 2 heterocycles. The van der Waals surface area contributed by atoms with Gasteiger partial charge in [0.1, 0.15) is 11.5 Å². The number of hydrogen-bond acceptors (Lipinski definition) is 3. The van der Waals surface area contributed by atoms with Gasteiger partial charge in [0.15, 0.2) is 5.82 Å². The lowest BCUT2D eigenvalue weighted by Crippen LogP contribution is -2.37. The molecule has 8 aromatic rings. The molecule has 0 saturated carbocycles. The topological polar surface area (TPSA) is 35.0 Å². The highest BCUT2D eigenvalue weighted by atomic mass is 16.5. The molecule has 0 amide bonds. The Labute approximate surface area is 314 Å². The number of ether oxygens (including phenoxy) is 1. The number of fused-ring (bicyclic) bond motifs is 10. The van der Waals surface area contributed by atoms with Crippen molar-refractivity contribution in [2.24, 2.45) is 5.92 Å². The maximum atomic E-state index is 6.67. The minimum Gasteiger partial charge on any atom is -0.457 e. The second-order valence-corrected chi connectivity index (χ2v) is 14.5. The van der Waals surface area contributed by atoms with Gasteiger partial charge < -0.3 is 4.74 Å². The fourth-order valence-corrected chi connectivity index (χ4v) is 9.23. The summed E-state index contributed by atoms with van der Waals surface area (Å²) in [6, 6.07) is 60.5. The van der Waals surface area contributed by atoms with Crippen molar-refractivity contribution in [1.29, 1.82) is 0 Å². The van der Waals surface area contributed by atoms with Gasteiger partial charge in [0.2, 0.25) is 0 Å². The third-order valence-corrected chi connectivity index (χ3v) is 11.7. The quantitative estimate of drug-likeness (QED) is 0.184. The largest absolute Gasteiger partial charge is 0.457 e. The number of allylic oxidation sites excluding steroid dienone is 4. The van der Waals surface area contributed by atoms with Crippen LogP contribution >= 0.6 is 0 Å². The Morgan fingerprint density at radius 1 is 0.444 bits per heavy atom. The molecule has 0 fully saturated rings. The Hall–Kier alpha value is -6.84. The SMILES string of the molecule is C1=CC2c3ccccc3C3(c4ccccc4Oc4ccc(-c5ccc(-c6ccc(-c7nc(-c8ccccc8)c8ccccc8n7)cc6)cc5)cc43)C2C=C1. The van der Waals surface area contributed by atoms with E-state index < -0.39 is 0 Å². The molecule has 3 nitrogen and oxygen atoms in total. The molecule has 11 rings (SSSR count). The van der Waals surface area contributed by atoms with Crippen molar-refractivity contribution < 1.29 is 4.74 Å². The number of nitrogens with zero attached hydrogens (tertiary/aromatic N) is 2. The fraction of sp³-hybridized carbons (Fsp3) is 0.0588. The molecule has 254 valence electrons. The summed E-state index contributed by atoms with van der Waals surface area (Å²) in [6.07, 6.45) is 9.21. The third kappa shape index (κ3) is 4.61. The van der Waals surface area contributed by atoms with E-state index in [1.54, 1.807) is 0 Å². The van der Waals surface area contributed by atoms with Crippen molar-refractivity contribution in [2.75, 3.05) is 0 Å². The van der Waals surface area contributed by atoms with Crippen LogP contribution in [0.4, 0.5) is 0 Å². The second kappa shape index (κ2) is 12.1. The number of para-hydroxylation sites is 2. The fourth-order valence-electron chi connectivity index (χ4n) is 9.23. The van der Waals surface area contributed by atoms with Gasteiger partial charge in [-0.05, 0) is 57.6 Å². The van der Waals surface area contributed by atoms with E-state index in [0.29, 0.717) is 5.92 Å². The first kappa shape index (κ1) is 30.8. The van der Waals surface area contributed by atoms with Crippen LogP contribution in [0.25, 0.3) is 55.8 Å². The van der Waals surface area contributed by atoms with E-state index in [0.717, 1.165) is 56.2 Å². The number of aromatic nitrogens is 2. The molecular weight excluding hydrogens is 657 g/mol. The predicted octanol–water partition coefficient (Wildman–Crippen LogP) is 12.6. The Morgan fingerprint density at radius 3 is 1.87 bits per heavy atom. The normalized spacial score (nSPS) is 18.8. The lowest BCUT2D eigenvalue weighted by molar-refractivity contribution is 0.374. The highest BCUT2D eigenvalue weighted by Crippen LogP contribution is 2.64. The van der Waals surface area contributed by atoms with E-state index in [9.17, 15) is 0 Å². The molecule has 3 aliphatic rings. The van der Waals surface area contributed by atoms with Crippen LogP contribution in [0.5, 0.6) is 11.5 Å². The van der Waals surface area contributed by atoms with E-state index >= 15 is 0 Å².